The van der Waals surface area contributed by atoms with Crippen LogP contribution in [-0.4, -0.2) is 25.4 Å². The first-order chi connectivity index (χ1) is 13.0. The van der Waals surface area contributed by atoms with Crippen LogP contribution in [0.1, 0.15) is 22.7 Å². The molecule has 1 aliphatic heterocycles. The molecule has 0 radical (unpaired) electrons. The first-order valence-corrected chi connectivity index (χ1v) is 8.47. The molecule has 0 spiro atoms. The Bertz CT molecular complexity index is 1000. The zero-order chi connectivity index (χ0) is 19.6. The highest BCUT2D eigenvalue weighted by Gasteiger charge is 2.35. The summed E-state index contributed by atoms with van der Waals surface area (Å²) in [6.45, 7) is 2.61. The molecule has 0 saturated heterocycles. The Hall–Kier alpha value is -3.24. The first-order valence-electron chi connectivity index (χ1n) is 8.47. The third kappa shape index (κ3) is 3.15. The number of allylic oxidation sites excluding steroid dienone is 1. The number of nitrogens with two attached hydrogens (primary N) is 1. The van der Waals surface area contributed by atoms with Crippen LogP contribution in [0.3, 0.4) is 0 Å². The van der Waals surface area contributed by atoms with Gasteiger partial charge in [-0.15, -0.1) is 0 Å². The number of aryl methyl sites for hydroxylation is 1. The first kappa shape index (κ1) is 18.5. The van der Waals surface area contributed by atoms with Gasteiger partial charge in [-0.25, -0.2) is 0 Å². The van der Waals surface area contributed by atoms with Crippen molar-refractivity contribution < 1.29 is 14.2 Å². The van der Waals surface area contributed by atoms with Crippen molar-refractivity contribution in [1.82, 2.24) is 4.57 Å². The van der Waals surface area contributed by atoms with Crippen molar-refractivity contribution in [2.45, 2.75) is 19.4 Å². The lowest BCUT2D eigenvalue weighted by molar-refractivity contribution is 0.185. The number of ether oxygens (including phenoxy) is 3. The summed E-state index contributed by atoms with van der Waals surface area (Å²) in [5, 5.41) is 9.70. The molecule has 27 heavy (non-hydrogen) atoms. The van der Waals surface area contributed by atoms with E-state index in [1.807, 2.05) is 25.1 Å². The second-order valence-corrected chi connectivity index (χ2v) is 6.18. The van der Waals surface area contributed by atoms with Crippen molar-refractivity contribution in [2.24, 2.45) is 5.73 Å². The molecule has 7 nitrogen and oxygen atoms in total. The summed E-state index contributed by atoms with van der Waals surface area (Å²) < 4.78 is 17.8. The summed E-state index contributed by atoms with van der Waals surface area (Å²) >= 11 is 0. The highest BCUT2D eigenvalue weighted by molar-refractivity contribution is 5.58. The minimum Gasteiger partial charge on any atom is -0.496 e. The minimum absolute atomic E-state index is 0.00523. The maximum Gasteiger partial charge on any atom is 0.258 e. The molecule has 1 aliphatic rings. The Balaban J connectivity index is 2.31. The molecule has 3 rings (SSSR count). The Morgan fingerprint density at radius 1 is 1.33 bits per heavy atom. The third-order valence-electron chi connectivity index (χ3n) is 4.66. The Morgan fingerprint density at radius 3 is 2.74 bits per heavy atom. The van der Waals surface area contributed by atoms with E-state index < -0.39 is 5.92 Å². The van der Waals surface area contributed by atoms with Gasteiger partial charge >= 0.3 is 0 Å². The van der Waals surface area contributed by atoms with E-state index in [1.54, 1.807) is 30.9 Å². The molecule has 1 atom stereocenters. The number of benzene rings is 1. The number of hydrogen-bond donors (Lipinski definition) is 1. The zero-order valence-electron chi connectivity index (χ0n) is 15.5. The van der Waals surface area contributed by atoms with Crippen LogP contribution in [0.4, 0.5) is 0 Å². The quantitative estimate of drug-likeness (QED) is 0.868. The van der Waals surface area contributed by atoms with Crippen molar-refractivity contribution in [3.63, 3.8) is 0 Å². The van der Waals surface area contributed by atoms with Gasteiger partial charge in [-0.2, -0.15) is 5.26 Å². The molecule has 0 unspecified atom stereocenters. The number of fused-ring (bicyclic) bond motifs is 1. The number of nitriles is 1. The van der Waals surface area contributed by atoms with Gasteiger partial charge in [-0.3, -0.25) is 4.79 Å². The fraction of sp³-hybridized carbons (Fsp3) is 0.300. The number of hydrogen-bond acceptors (Lipinski definition) is 6. The molecule has 0 aliphatic carbocycles. The zero-order valence-corrected chi connectivity index (χ0v) is 15.5. The molecule has 0 amide bonds. The van der Waals surface area contributed by atoms with Gasteiger partial charge < -0.3 is 24.5 Å². The Morgan fingerprint density at radius 2 is 2.07 bits per heavy atom. The monoisotopic (exact) mass is 367 g/mol. The normalized spacial score (nSPS) is 15.7. The van der Waals surface area contributed by atoms with E-state index in [2.05, 4.69) is 6.07 Å². The van der Waals surface area contributed by atoms with E-state index in [0.29, 0.717) is 35.8 Å². The van der Waals surface area contributed by atoms with Crippen LogP contribution in [0, 0.1) is 18.3 Å². The van der Waals surface area contributed by atoms with Crippen LogP contribution in [0.5, 0.6) is 11.5 Å². The van der Waals surface area contributed by atoms with Crippen molar-refractivity contribution in [1.29, 1.82) is 5.26 Å². The number of nitrogens with zero attached hydrogens (tertiary/aromatic N) is 2. The Kier molecular flexibility index (Phi) is 5.19. The summed E-state index contributed by atoms with van der Waals surface area (Å²) in [7, 11) is 3.13. The van der Waals surface area contributed by atoms with Crippen molar-refractivity contribution in [2.75, 3.05) is 20.8 Å². The topological polar surface area (TPSA) is 99.5 Å². The predicted octanol–water partition coefficient (Wildman–Crippen LogP) is 2.03. The van der Waals surface area contributed by atoms with Crippen LogP contribution in [0.25, 0.3) is 0 Å². The average Bonchev–Trinajstić information content (AvgIpc) is 2.66. The second kappa shape index (κ2) is 7.56. The predicted molar refractivity (Wildman–Crippen MR) is 99.6 cm³/mol. The maximum atomic E-state index is 13.3. The molecule has 2 heterocycles. The van der Waals surface area contributed by atoms with E-state index in [1.165, 1.54) is 0 Å². The maximum absolute atomic E-state index is 13.3. The smallest absolute Gasteiger partial charge is 0.258 e. The van der Waals surface area contributed by atoms with Gasteiger partial charge in [0, 0.05) is 31.0 Å². The number of rotatable bonds is 5. The fourth-order valence-electron chi connectivity index (χ4n) is 3.36. The summed E-state index contributed by atoms with van der Waals surface area (Å²) in [6.07, 6.45) is 0. The lowest BCUT2D eigenvalue weighted by Gasteiger charge is -2.28. The summed E-state index contributed by atoms with van der Waals surface area (Å²) in [6, 6.07) is 11.1. The van der Waals surface area contributed by atoms with Gasteiger partial charge in [0.25, 0.3) is 5.56 Å². The van der Waals surface area contributed by atoms with Crippen LogP contribution in [0.2, 0.25) is 0 Å². The molecule has 2 N–H and O–H groups in total. The lowest BCUT2D eigenvalue weighted by atomic mass is 9.83. The number of methoxy groups -OCH3 is 2. The van der Waals surface area contributed by atoms with Gasteiger partial charge in [0.2, 0.25) is 5.88 Å². The van der Waals surface area contributed by atoms with Crippen LogP contribution in [-0.2, 0) is 11.3 Å². The van der Waals surface area contributed by atoms with Crippen molar-refractivity contribution >= 4 is 0 Å². The standard InChI is InChI=1S/C20H21N3O4/c1-12-10-16-18(20(24)23(12)8-9-25-2)17(14(11-21)19(22)27-16)13-6-4-5-7-15(13)26-3/h4-7,10,17H,8-9,22H2,1-3H3/t17-/m0/s1. The average molecular weight is 367 g/mol. The second-order valence-electron chi connectivity index (χ2n) is 6.18. The number of para-hydroxylation sites is 1. The molecule has 1 aromatic heterocycles. The molecule has 0 bridgehead atoms. The van der Waals surface area contributed by atoms with E-state index in [0.717, 1.165) is 5.69 Å². The van der Waals surface area contributed by atoms with Gasteiger partial charge in [0.1, 0.15) is 23.1 Å². The molecular weight excluding hydrogens is 346 g/mol. The van der Waals surface area contributed by atoms with Gasteiger partial charge in [-0.05, 0) is 13.0 Å². The largest absolute Gasteiger partial charge is 0.496 e. The van der Waals surface area contributed by atoms with E-state index in [4.69, 9.17) is 19.9 Å². The SMILES string of the molecule is COCCn1c(C)cc2c(c1=O)[C@@H](c1ccccc1OC)C(C#N)=C(N)O2. The van der Waals surface area contributed by atoms with Gasteiger partial charge in [0.05, 0.1) is 25.2 Å². The molecule has 0 saturated carbocycles. The van der Waals surface area contributed by atoms with Crippen molar-refractivity contribution in [3.05, 3.63) is 69.0 Å². The summed E-state index contributed by atoms with van der Waals surface area (Å²) in [5.41, 5.74) is 7.73. The van der Waals surface area contributed by atoms with E-state index in [9.17, 15) is 10.1 Å². The molecule has 1 aromatic carbocycles. The van der Waals surface area contributed by atoms with E-state index in [-0.39, 0.29) is 17.0 Å². The minimum atomic E-state index is -0.670. The van der Waals surface area contributed by atoms with Crippen LogP contribution in [0.15, 0.2) is 46.6 Å². The number of pyridine rings is 1. The van der Waals surface area contributed by atoms with Crippen molar-refractivity contribution in [3.8, 4) is 17.6 Å². The Labute approximate surface area is 157 Å². The number of aromatic nitrogens is 1. The third-order valence-corrected chi connectivity index (χ3v) is 4.66. The van der Waals surface area contributed by atoms with Crippen LogP contribution < -0.4 is 20.8 Å². The molecule has 7 heteroatoms. The summed E-state index contributed by atoms with van der Waals surface area (Å²) in [4.78, 5) is 13.3. The highest BCUT2D eigenvalue weighted by Crippen LogP contribution is 2.43. The van der Waals surface area contributed by atoms with Gasteiger partial charge in [0.15, 0.2) is 0 Å². The molecule has 0 fully saturated rings. The fourth-order valence-corrected chi connectivity index (χ4v) is 3.36. The van der Waals surface area contributed by atoms with E-state index >= 15 is 0 Å². The molecule has 140 valence electrons. The summed E-state index contributed by atoms with van der Waals surface area (Å²) in [5.74, 6) is 0.254. The molecule has 2 aromatic rings. The van der Waals surface area contributed by atoms with Gasteiger partial charge in [-0.1, -0.05) is 18.2 Å². The van der Waals surface area contributed by atoms with Crippen LogP contribution >= 0.6 is 0 Å². The lowest BCUT2D eigenvalue weighted by Crippen LogP contribution is -2.33. The molecular formula is C20H21N3O4. The highest BCUT2D eigenvalue weighted by atomic mass is 16.5.